The van der Waals surface area contributed by atoms with E-state index in [1.165, 1.54) is 5.56 Å². The van der Waals surface area contributed by atoms with Crippen LogP contribution in [-0.4, -0.2) is 46.3 Å². The summed E-state index contributed by atoms with van der Waals surface area (Å²) in [5.41, 5.74) is 4.77. The van der Waals surface area contributed by atoms with Crippen molar-refractivity contribution in [3.05, 3.63) is 101 Å². The number of fused-ring (bicyclic) bond motifs is 1. The zero-order valence-electron chi connectivity index (χ0n) is 28.6. The summed E-state index contributed by atoms with van der Waals surface area (Å²) in [5, 5.41) is 16.2. The lowest BCUT2D eigenvalue weighted by Gasteiger charge is -2.25. The number of carbonyl (C=O) groups is 4. The Bertz CT molecular complexity index is 1500. The van der Waals surface area contributed by atoms with Crippen molar-refractivity contribution < 1.29 is 24.3 Å². The predicted molar refractivity (Wildman–Crippen MR) is 189 cm³/mol. The highest BCUT2D eigenvalue weighted by Crippen LogP contribution is 2.26. The Balaban J connectivity index is 1.42. The van der Waals surface area contributed by atoms with E-state index in [9.17, 15) is 24.3 Å². The molecular formula is C40H51N3O5. The number of unbranched alkanes of at least 4 members (excludes halogenated alkanes) is 1. The first-order valence-electron chi connectivity index (χ1n) is 17.5. The minimum atomic E-state index is -0.929. The minimum absolute atomic E-state index is 0.0205. The third-order valence-corrected chi connectivity index (χ3v) is 9.14. The van der Waals surface area contributed by atoms with Gasteiger partial charge < -0.3 is 20.6 Å². The van der Waals surface area contributed by atoms with Crippen LogP contribution in [-0.2, 0) is 33.8 Å². The van der Waals surface area contributed by atoms with Crippen LogP contribution in [0.4, 0.5) is 5.69 Å². The SMILES string of the molecule is CCCc1ccc(CC[C@H](C[C@H](CCCCN2Cc3ccccc3C2=O)C(=O)O)C(=O)N[C@@H](CC(C)C)C(=O)Nc2ccccc2)cc1. The first-order valence-corrected chi connectivity index (χ1v) is 17.5. The number of rotatable bonds is 19. The smallest absolute Gasteiger partial charge is 0.306 e. The van der Waals surface area contributed by atoms with Crippen LogP contribution in [0.15, 0.2) is 78.9 Å². The molecule has 0 aliphatic carbocycles. The van der Waals surface area contributed by atoms with E-state index in [-0.39, 0.29) is 30.1 Å². The number of para-hydroxylation sites is 1. The third-order valence-electron chi connectivity index (χ3n) is 9.14. The molecule has 0 unspecified atom stereocenters. The fourth-order valence-corrected chi connectivity index (χ4v) is 6.48. The maximum absolute atomic E-state index is 13.9. The van der Waals surface area contributed by atoms with Gasteiger partial charge in [0.2, 0.25) is 11.8 Å². The van der Waals surface area contributed by atoms with E-state index in [0.29, 0.717) is 57.3 Å². The van der Waals surface area contributed by atoms with Gasteiger partial charge in [-0.2, -0.15) is 0 Å². The van der Waals surface area contributed by atoms with Crippen LogP contribution in [0.3, 0.4) is 0 Å². The molecule has 4 rings (SSSR count). The molecule has 0 aromatic heterocycles. The second-order valence-electron chi connectivity index (χ2n) is 13.5. The van der Waals surface area contributed by atoms with E-state index in [1.807, 2.05) is 61.2 Å². The summed E-state index contributed by atoms with van der Waals surface area (Å²) < 4.78 is 0. The van der Waals surface area contributed by atoms with E-state index in [2.05, 4.69) is 41.8 Å². The number of nitrogens with one attached hydrogen (secondary N) is 2. The number of anilines is 1. The number of hydrogen-bond acceptors (Lipinski definition) is 4. The molecule has 0 radical (unpaired) electrons. The number of benzene rings is 3. The van der Waals surface area contributed by atoms with E-state index in [4.69, 9.17) is 0 Å². The molecule has 0 bridgehead atoms. The Hall–Kier alpha value is -4.46. The van der Waals surface area contributed by atoms with Crippen LogP contribution in [0.5, 0.6) is 0 Å². The topological polar surface area (TPSA) is 116 Å². The molecule has 1 aliphatic rings. The van der Waals surface area contributed by atoms with Crippen molar-refractivity contribution in [1.29, 1.82) is 0 Å². The Labute approximate surface area is 285 Å². The molecule has 0 saturated carbocycles. The van der Waals surface area contributed by atoms with Crippen LogP contribution in [0.1, 0.15) is 92.8 Å². The monoisotopic (exact) mass is 653 g/mol. The van der Waals surface area contributed by atoms with Gasteiger partial charge in [0.05, 0.1) is 5.92 Å². The van der Waals surface area contributed by atoms with Crippen molar-refractivity contribution >= 4 is 29.4 Å². The molecule has 48 heavy (non-hydrogen) atoms. The maximum Gasteiger partial charge on any atom is 0.306 e. The lowest BCUT2D eigenvalue weighted by molar-refractivity contribution is -0.143. The molecule has 3 N–H and O–H groups in total. The zero-order valence-corrected chi connectivity index (χ0v) is 28.6. The summed E-state index contributed by atoms with van der Waals surface area (Å²) in [4.78, 5) is 54.3. The van der Waals surface area contributed by atoms with Crippen LogP contribution in [0.2, 0.25) is 0 Å². The fraction of sp³-hybridized carbons (Fsp3) is 0.450. The summed E-state index contributed by atoms with van der Waals surface area (Å²) in [6, 6.07) is 24.4. The molecule has 8 heteroatoms. The number of hydrogen-bond donors (Lipinski definition) is 3. The number of carboxylic acid groups (broad SMARTS) is 1. The van der Waals surface area contributed by atoms with E-state index < -0.39 is 23.8 Å². The highest BCUT2D eigenvalue weighted by Gasteiger charge is 2.31. The summed E-state index contributed by atoms with van der Waals surface area (Å²) in [5.74, 6) is -2.65. The van der Waals surface area contributed by atoms with Gasteiger partial charge in [-0.1, -0.05) is 94.3 Å². The quantitative estimate of drug-likeness (QED) is 0.118. The van der Waals surface area contributed by atoms with Gasteiger partial charge in [-0.05, 0) is 85.8 Å². The third kappa shape index (κ3) is 10.8. The van der Waals surface area contributed by atoms with E-state index >= 15 is 0 Å². The van der Waals surface area contributed by atoms with Crippen molar-refractivity contribution in [2.24, 2.45) is 17.8 Å². The lowest BCUT2D eigenvalue weighted by Crippen LogP contribution is -2.47. The Morgan fingerprint density at radius 2 is 1.46 bits per heavy atom. The molecule has 256 valence electrons. The van der Waals surface area contributed by atoms with Crippen LogP contribution in [0, 0.1) is 17.8 Å². The number of amides is 3. The van der Waals surface area contributed by atoms with E-state index in [1.54, 1.807) is 12.1 Å². The largest absolute Gasteiger partial charge is 0.481 e. The standard InChI is InChI=1S/C40H51N3O5/c1-4-12-29-18-20-30(21-19-29)22-23-31(37(44)42-36(25-28(2)3)38(45)41-34-15-6-5-7-16-34)26-32(40(47)48)13-10-11-24-43-27-33-14-8-9-17-35(33)39(43)46/h5-9,14-21,28,31-32,36H,4,10-13,22-27H2,1-3H3,(H,41,45)(H,42,44)(H,47,48)/t31-,32+,36+/m1/s1. The van der Waals surface area contributed by atoms with Gasteiger partial charge in [0.15, 0.2) is 0 Å². The zero-order chi connectivity index (χ0) is 34.5. The Kier molecular flexibility index (Phi) is 13.8. The first-order chi connectivity index (χ1) is 23.1. The van der Waals surface area contributed by atoms with Gasteiger partial charge in [-0.25, -0.2) is 0 Å². The predicted octanol–water partition coefficient (Wildman–Crippen LogP) is 7.27. The number of carbonyl (C=O) groups excluding carboxylic acids is 3. The summed E-state index contributed by atoms with van der Waals surface area (Å²) >= 11 is 0. The molecule has 0 saturated heterocycles. The average molecular weight is 654 g/mol. The van der Waals surface area contributed by atoms with Crippen molar-refractivity contribution in [1.82, 2.24) is 10.2 Å². The Morgan fingerprint density at radius 3 is 2.10 bits per heavy atom. The highest BCUT2D eigenvalue weighted by atomic mass is 16.4. The van der Waals surface area contributed by atoms with Gasteiger partial charge in [0.1, 0.15) is 6.04 Å². The van der Waals surface area contributed by atoms with Crippen molar-refractivity contribution in [3.8, 4) is 0 Å². The number of aryl methyl sites for hydroxylation is 2. The summed E-state index contributed by atoms with van der Waals surface area (Å²) in [6.07, 6.45) is 5.51. The number of carboxylic acids is 1. The van der Waals surface area contributed by atoms with Crippen LogP contribution >= 0.6 is 0 Å². The second kappa shape index (κ2) is 18.2. The van der Waals surface area contributed by atoms with Gasteiger partial charge in [0.25, 0.3) is 5.91 Å². The molecule has 0 fully saturated rings. The van der Waals surface area contributed by atoms with Gasteiger partial charge in [0, 0.05) is 30.3 Å². The molecule has 3 aromatic rings. The van der Waals surface area contributed by atoms with Gasteiger partial charge in [-0.15, -0.1) is 0 Å². The van der Waals surface area contributed by atoms with Crippen molar-refractivity contribution in [2.45, 2.75) is 91.1 Å². The molecular weight excluding hydrogens is 602 g/mol. The Morgan fingerprint density at radius 1 is 0.792 bits per heavy atom. The van der Waals surface area contributed by atoms with Crippen molar-refractivity contribution in [3.63, 3.8) is 0 Å². The molecule has 3 atom stereocenters. The lowest BCUT2D eigenvalue weighted by atomic mass is 9.86. The number of aliphatic carboxylic acids is 1. The second-order valence-corrected chi connectivity index (χ2v) is 13.5. The molecule has 3 amide bonds. The van der Waals surface area contributed by atoms with Crippen LogP contribution in [0.25, 0.3) is 0 Å². The number of nitrogens with zero attached hydrogens (tertiary/aromatic N) is 1. The summed E-state index contributed by atoms with van der Waals surface area (Å²) in [7, 11) is 0. The summed E-state index contributed by atoms with van der Waals surface area (Å²) in [6.45, 7) is 7.29. The van der Waals surface area contributed by atoms with Gasteiger partial charge in [-0.3, -0.25) is 19.2 Å². The maximum atomic E-state index is 13.9. The van der Waals surface area contributed by atoms with Crippen molar-refractivity contribution in [2.75, 3.05) is 11.9 Å². The fourth-order valence-electron chi connectivity index (χ4n) is 6.48. The van der Waals surface area contributed by atoms with Crippen LogP contribution < -0.4 is 10.6 Å². The van der Waals surface area contributed by atoms with Gasteiger partial charge >= 0.3 is 5.97 Å². The molecule has 1 heterocycles. The molecule has 3 aromatic carbocycles. The minimum Gasteiger partial charge on any atom is -0.481 e. The first kappa shape index (κ1) is 36.4. The van der Waals surface area contributed by atoms with E-state index in [0.717, 1.165) is 29.5 Å². The highest BCUT2D eigenvalue weighted by molar-refractivity contribution is 5.98. The normalized spacial score (nSPS) is 14.3. The molecule has 8 nitrogen and oxygen atoms in total. The molecule has 1 aliphatic heterocycles. The average Bonchev–Trinajstić information content (AvgIpc) is 3.39. The molecule has 0 spiro atoms.